The lowest BCUT2D eigenvalue weighted by Gasteiger charge is -2.03. The van der Waals surface area contributed by atoms with Crippen molar-refractivity contribution in [2.45, 2.75) is 0 Å². The van der Waals surface area contributed by atoms with Crippen molar-refractivity contribution in [3.63, 3.8) is 0 Å². The highest BCUT2D eigenvalue weighted by Gasteiger charge is 1.93. The number of nitrogen functional groups attached to an aromatic ring is 1. The summed E-state index contributed by atoms with van der Waals surface area (Å²) in [5.41, 5.74) is 5.39. The second-order valence-electron chi connectivity index (χ2n) is 2.53. The maximum Gasteiger partial charge on any atom is 0.148 e. The molecule has 74 valence electrons. The van der Waals surface area contributed by atoms with Gasteiger partial charge >= 0.3 is 0 Å². The highest BCUT2D eigenvalue weighted by molar-refractivity contribution is 7.99. The number of terminal acetylenes is 1. The maximum absolute atomic E-state index is 5.39. The van der Waals surface area contributed by atoms with Crippen LogP contribution in [0.1, 0.15) is 0 Å². The van der Waals surface area contributed by atoms with Gasteiger partial charge in [0.15, 0.2) is 0 Å². The van der Waals surface area contributed by atoms with E-state index in [1.807, 2.05) is 0 Å². The van der Waals surface area contributed by atoms with Gasteiger partial charge in [0.05, 0.1) is 5.75 Å². The average molecular weight is 208 g/mol. The third-order valence-corrected chi connectivity index (χ3v) is 2.29. The van der Waals surface area contributed by atoms with Gasteiger partial charge in [0.1, 0.15) is 11.6 Å². The lowest BCUT2D eigenvalue weighted by atomic mass is 10.5. The second kappa shape index (κ2) is 6.11. The predicted molar refractivity (Wildman–Crippen MR) is 61.1 cm³/mol. The summed E-state index contributed by atoms with van der Waals surface area (Å²) in [6, 6.07) is 3.51. The van der Waals surface area contributed by atoms with Crippen LogP contribution in [0.25, 0.3) is 0 Å². The summed E-state index contributed by atoms with van der Waals surface area (Å²) in [5.74, 6) is 5.43. The molecule has 5 heteroatoms. The van der Waals surface area contributed by atoms with Crippen LogP contribution in [0.3, 0.4) is 0 Å². The third-order valence-electron chi connectivity index (χ3n) is 1.42. The van der Waals surface area contributed by atoms with Gasteiger partial charge in [-0.05, 0) is 12.1 Å². The fourth-order valence-electron chi connectivity index (χ4n) is 0.819. The van der Waals surface area contributed by atoms with Crippen molar-refractivity contribution in [1.82, 2.24) is 10.2 Å². The maximum atomic E-state index is 5.39. The molecular weight excluding hydrogens is 196 g/mol. The summed E-state index contributed by atoms with van der Waals surface area (Å²) in [6.07, 6.45) is 5.11. The van der Waals surface area contributed by atoms with E-state index in [0.29, 0.717) is 5.82 Å². The van der Waals surface area contributed by atoms with E-state index in [0.717, 1.165) is 23.9 Å². The molecule has 0 saturated heterocycles. The van der Waals surface area contributed by atoms with Gasteiger partial charge in [0.2, 0.25) is 0 Å². The number of hydrogen-bond acceptors (Lipinski definition) is 5. The molecule has 14 heavy (non-hydrogen) atoms. The molecule has 0 fully saturated rings. The Morgan fingerprint density at radius 3 is 3.00 bits per heavy atom. The van der Waals surface area contributed by atoms with Crippen molar-refractivity contribution >= 4 is 23.4 Å². The lowest BCUT2D eigenvalue weighted by Crippen LogP contribution is -2.07. The molecule has 0 unspecified atom stereocenters. The van der Waals surface area contributed by atoms with E-state index in [-0.39, 0.29) is 0 Å². The van der Waals surface area contributed by atoms with Crippen LogP contribution in [-0.2, 0) is 0 Å². The van der Waals surface area contributed by atoms with Crippen molar-refractivity contribution in [2.24, 2.45) is 0 Å². The fraction of sp³-hybridized carbons (Fsp3) is 0.333. The summed E-state index contributed by atoms with van der Waals surface area (Å²) < 4.78 is 0. The Morgan fingerprint density at radius 2 is 2.36 bits per heavy atom. The van der Waals surface area contributed by atoms with E-state index in [1.54, 1.807) is 23.9 Å². The predicted octanol–water partition coefficient (Wildman–Crippen LogP) is 0.837. The normalized spacial score (nSPS) is 9.36. The quantitative estimate of drug-likeness (QED) is 0.554. The van der Waals surface area contributed by atoms with E-state index >= 15 is 0 Å². The van der Waals surface area contributed by atoms with Crippen LogP contribution < -0.4 is 11.1 Å². The van der Waals surface area contributed by atoms with Crippen molar-refractivity contribution in [3.05, 3.63) is 12.1 Å². The minimum atomic E-state index is 0.428. The average Bonchev–Trinajstić information content (AvgIpc) is 2.21. The lowest BCUT2D eigenvalue weighted by molar-refractivity contribution is 1.02. The minimum Gasteiger partial charge on any atom is -0.382 e. The molecule has 1 aromatic rings. The fourth-order valence-corrected chi connectivity index (χ4v) is 1.33. The Kier molecular flexibility index (Phi) is 4.65. The second-order valence-corrected chi connectivity index (χ2v) is 3.63. The molecule has 0 saturated carbocycles. The molecule has 0 spiro atoms. The Balaban J connectivity index is 2.19. The number of aromatic nitrogens is 2. The van der Waals surface area contributed by atoms with Gasteiger partial charge < -0.3 is 11.1 Å². The summed E-state index contributed by atoms with van der Waals surface area (Å²) in [5, 5.41) is 10.7. The van der Waals surface area contributed by atoms with Gasteiger partial charge in [0.25, 0.3) is 0 Å². The molecule has 0 aliphatic carbocycles. The molecule has 0 aromatic carbocycles. The van der Waals surface area contributed by atoms with E-state index in [9.17, 15) is 0 Å². The summed E-state index contributed by atoms with van der Waals surface area (Å²) in [4.78, 5) is 0. The van der Waals surface area contributed by atoms with Crippen LogP contribution in [0, 0.1) is 12.3 Å². The first-order valence-electron chi connectivity index (χ1n) is 4.17. The number of nitrogens with two attached hydrogens (primary N) is 1. The molecule has 4 nitrogen and oxygen atoms in total. The first-order chi connectivity index (χ1) is 6.83. The Hall–Kier alpha value is -1.41. The molecule has 0 radical (unpaired) electrons. The van der Waals surface area contributed by atoms with E-state index in [1.165, 1.54) is 0 Å². The highest BCUT2D eigenvalue weighted by atomic mass is 32.2. The number of rotatable bonds is 5. The highest BCUT2D eigenvalue weighted by Crippen LogP contribution is 2.03. The summed E-state index contributed by atoms with van der Waals surface area (Å²) in [6.45, 7) is 0.824. The summed E-state index contributed by atoms with van der Waals surface area (Å²) >= 11 is 1.70. The molecule has 1 heterocycles. The van der Waals surface area contributed by atoms with Crippen molar-refractivity contribution in [3.8, 4) is 12.3 Å². The smallest absolute Gasteiger partial charge is 0.148 e. The van der Waals surface area contributed by atoms with Crippen LogP contribution in [-0.4, -0.2) is 28.2 Å². The Labute approximate surface area is 87.7 Å². The standard InChI is InChI=1S/C9H12N4S/c1-2-6-14-7-5-11-9-4-3-8(10)12-13-9/h1,3-4H,5-7H2,(H2,10,12)(H,11,13). The van der Waals surface area contributed by atoms with Crippen molar-refractivity contribution in [2.75, 3.05) is 29.1 Å². The van der Waals surface area contributed by atoms with E-state index in [2.05, 4.69) is 21.4 Å². The zero-order valence-electron chi connectivity index (χ0n) is 7.73. The van der Waals surface area contributed by atoms with Gasteiger partial charge in [-0.15, -0.1) is 28.4 Å². The number of anilines is 2. The van der Waals surface area contributed by atoms with E-state index in [4.69, 9.17) is 12.2 Å². The molecule has 0 aliphatic rings. The number of nitrogens with one attached hydrogen (secondary N) is 1. The van der Waals surface area contributed by atoms with Gasteiger partial charge in [-0.2, -0.15) is 0 Å². The van der Waals surface area contributed by atoms with Gasteiger partial charge in [-0.25, -0.2) is 0 Å². The number of hydrogen-bond donors (Lipinski definition) is 2. The van der Waals surface area contributed by atoms with Crippen LogP contribution in [0.5, 0.6) is 0 Å². The third kappa shape index (κ3) is 4.01. The van der Waals surface area contributed by atoms with Gasteiger partial charge in [0, 0.05) is 12.3 Å². The van der Waals surface area contributed by atoms with Crippen LogP contribution >= 0.6 is 11.8 Å². The van der Waals surface area contributed by atoms with Crippen molar-refractivity contribution in [1.29, 1.82) is 0 Å². The minimum absolute atomic E-state index is 0.428. The van der Waals surface area contributed by atoms with Gasteiger partial charge in [-0.3, -0.25) is 0 Å². The van der Waals surface area contributed by atoms with Crippen LogP contribution in [0.2, 0.25) is 0 Å². The number of thioether (sulfide) groups is 1. The monoisotopic (exact) mass is 208 g/mol. The van der Waals surface area contributed by atoms with Crippen LogP contribution in [0.4, 0.5) is 11.6 Å². The first-order valence-corrected chi connectivity index (χ1v) is 5.32. The molecule has 1 rings (SSSR count). The molecule has 0 bridgehead atoms. The Bertz CT molecular complexity index is 304. The molecular formula is C9H12N4S. The topological polar surface area (TPSA) is 63.8 Å². The van der Waals surface area contributed by atoms with Crippen molar-refractivity contribution < 1.29 is 0 Å². The van der Waals surface area contributed by atoms with Gasteiger partial charge in [-0.1, -0.05) is 5.92 Å². The largest absolute Gasteiger partial charge is 0.382 e. The summed E-state index contributed by atoms with van der Waals surface area (Å²) in [7, 11) is 0. The molecule has 0 aliphatic heterocycles. The molecule has 3 N–H and O–H groups in total. The first kappa shape index (κ1) is 10.7. The Morgan fingerprint density at radius 1 is 1.50 bits per heavy atom. The number of nitrogens with zero attached hydrogens (tertiary/aromatic N) is 2. The zero-order chi connectivity index (χ0) is 10.2. The molecule has 0 amide bonds. The van der Waals surface area contributed by atoms with E-state index < -0.39 is 0 Å². The SMILES string of the molecule is C#CCSCCNc1ccc(N)nn1. The molecule has 1 aromatic heterocycles. The molecule has 0 atom stereocenters. The zero-order valence-corrected chi connectivity index (χ0v) is 8.55. The van der Waals surface area contributed by atoms with Crippen LogP contribution in [0.15, 0.2) is 12.1 Å².